The fraction of sp³-hybridized carbons (Fsp3) is 0.222. The van der Waals surface area contributed by atoms with E-state index in [0.717, 1.165) is 40.9 Å². The van der Waals surface area contributed by atoms with Crippen LogP contribution in [0.5, 0.6) is 0 Å². The third-order valence-electron chi connectivity index (χ3n) is 4.42. The summed E-state index contributed by atoms with van der Waals surface area (Å²) in [6.45, 7) is 0. The van der Waals surface area contributed by atoms with Crippen LogP contribution in [-0.4, -0.2) is 31.4 Å². The molecule has 154 valence electrons. The smallest absolute Gasteiger partial charge is 0.236 e. The summed E-state index contributed by atoms with van der Waals surface area (Å²) >= 11 is 3.69. The molecule has 1 amide bonds. The molecule has 0 radical (unpaired) electrons. The van der Waals surface area contributed by atoms with E-state index in [1.165, 1.54) is 11.8 Å². The second-order valence-electron chi connectivity index (χ2n) is 6.57. The van der Waals surface area contributed by atoms with Crippen molar-refractivity contribution < 1.29 is 18.0 Å². The quantitative estimate of drug-likeness (QED) is 0.316. The Hall–Kier alpha value is -2.44. The number of aromatic nitrogens is 4. The maximum Gasteiger partial charge on any atom is 0.236 e. The number of halogens is 3. The molecule has 4 aromatic rings. The minimum atomic E-state index is -1.58. The van der Waals surface area contributed by atoms with E-state index in [1.54, 1.807) is 11.3 Å². The van der Waals surface area contributed by atoms with Crippen LogP contribution >= 0.6 is 34.4 Å². The number of nitrogens with zero attached hydrogens (tertiary/aromatic N) is 4. The molecule has 3 heterocycles. The topological polar surface area (TPSA) is 72.7 Å². The van der Waals surface area contributed by atoms with Gasteiger partial charge >= 0.3 is 0 Å². The average Bonchev–Trinajstić information content (AvgIpc) is 3.11. The first kappa shape index (κ1) is 19.5. The first-order chi connectivity index (χ1) is 14.5. The molecule has 0 unspecified atom stereocenters. The number of carbonyl (C=O) groups is 1. The zero-order chi connectivity index (χ0) is 20.8. The van der Waals surface area contributed by atoms with Gasteiger partial charge in [0.05, 0.1) is 15.3 Å². The van der Waals surface area contributed by atoms with Gasteiger partial charge in [0.15, 0.2) is 33.6 Å². The molecule has 6 nitrogen and oxygen atoms in total. The summed E-state index contributed by atoms with van der Waals surface area (Å²) in [5.41, 5.74) is -0.309. The van der Waals surface area contributed by atoms with Gasteiger partial charge in [0.2, 0.25) is 5.91 Å². The number of thioether (sulfide) groups is 1. The number of amides is 1. The van der Waals surface area contributed by atoms with Crippen molar-refractivity contribution in [2.75, 3.05) is 11.1 Å². The number of thiophene rings is 1. The van der Waals surface area contributed by atoms with Gasteiger partial charge in [0.25, 0.3) is 0 Å². The minimum Gasteiger partial charge on any atom is -0.301 e. The van der Waals surface area contributed by atoms with Crippen LogP contribution in [0.1, 0.15) is 18.9 Å². The summed E-state index contributed by atoms with van der Waals surface area (Å²) in [7, 11) is 0. The Balaban J connectivity index is 1.30. The van der Waals surface area contributed by atoms with Gasteiger partial charge in [-0.25, -0.2) is 18.2 Å². The Bertz CT molecular complexity index is 1250. The van der Waals surface area contributed by atoms with E-state index in [0.29, 0.717) is 11.2 Å². The third kappa shape index (κ3) is 3.59. The van der Waals surface area contributed by atoms with Gasteiger partial charge in [-0.3, -0.25) is 9.36 Å². The van der Waals surface area contributed by atoms with Crippen molar-refractivity contribution in [1.29, 1.82) is 0 Å². The van der Waals surface area contributed by atoms with E-state index in [9.17, 15) is 18.0 Å². The molecule has 0 aliphatic heterocycles. The van der Waals surface area contributed by atoms with Gasteiger partial charge in [-0.15, -0.1) is 21.5 Å². The predicted molar refractivity (Wildman–Crippen MR) is 110 cm³/mol. The highest BCUT2D eigenvalue weighted by molar-refractivity contribution is 7.99. The lowest BCUT2D eigenvalue weighted by atomic mass is 10.3. The second kappa shape index (κ2) is 7.67. The van der Waals surface area contributed by atoms with Crippen LogP contribution < -0.4 is 5.32 Å². The number of anilines is 1. The van der Waals surface area contributed by atoms with Gasteiger partial charge in [0, 0.05) is 6.04 Å². The molecule has 1 saturated carbocycles. The Morgan fingerprint density at radius 3 is 2.83 bits per heavy atom. The third-order valence-corrected chi connectivity index (χ3v) is 7.15. The highest BCUT2D eigenvalue weighted by Crippen LogP contribution is 2.41. The number of benzene rings is 1. The fourth-order valence-electron chi connectivity index (χ4n) is 2.92. The number of nitrogens with one attached hydrogen (secondary N) is 1. The first-order valence-corrected chi connectivity index (χ1v) is 11.5. The largest absolute Gasteiger partial charge is 0.301 e. The molecule has 1 fully saturated rings. The van der Waals surface area contributed by atoms with E-state index in [1.807, 2.05) is 17.5 Å². The van der Waals surface area contributed by atoms with E-state index < -0.39 is 17.5 Å². The lowest BCUT2D eigenvalue weighted by Gasteiger charge is -2.07. The number of hydrogen-bond acceptors (Lipinski definition) is 7. The summed E-state index contributed by atoms with van der Waals surface area (Å²) < 4.78 is 42.7. The van der Waals surface area contributed by atoms with Crippen LogP contribution in [0, 0.1) is 17.5 Å². The number of hydrogen-bond donors (Lipinski definition) is 1. The number of thiazole rings is 1. The summed E-state index contributed by atoms with van der Waals surface area (Å²) in [4.78, 5) is 17.2. The summed E-state index contributed by atoms with van der Waals surface area (Å²) in [6.07, 6.45) is 2.08. The van der Waals surface area contributed by atoms with Crippen LogP contribution in [-0.2, 0) is 4.79 Å². The van der Waals surface area contributed by atoms with E-state index in [4.69, 9.17) is 0 Å². The molecule has 1 aromatic carbocycles. The van der Waals surface area contributed by atoms with Gasteiger partial charge in [-0.1, -0.05) is 29.2 Å². The summed E-state index contributed by atoms with van der Waals surface area (Å²) in [5, 5.41) is 13.8. The van der Waals surface area contributed by atoms with Crippen molar-refractivity contribution in [3.63, 3.8) is 0 Å². The standard InChI is InChI=1S/C18H12F3N5OS3/c19-9-6-11-15(14(21)13(9)20)23-17(30-11)22-12(27)7-29-18-25-24-16(10-2-1-5-28-10)26(18)8-3-4-8/h1-2,5-6,8H,3-4,7H2,(H,22,23,27). The lowest BCUT2D eigenvalue weighted by molar-refractivity contribution is -0.113. The Labute approximate surface area is 180 Å². The molecule has 1 aliphatic carbocycles. The maximum absolute atomic E-state index is 13.8. The maximum atomic E-state index is 13.8. The Morgan fingerprint density at radius 2 is 2.10 bits per heavy atom. The van der Waals surface area contributed by atoms with Gasteiger partial charge < -0.3 is 5.32 Å². The normalized spacial score (nSPS) is 13.8. The SMILES string of the molecule is O=C(CSc1nnc(-c2cccs2)n1C1CC1)Nc1nc2c(F)c(F)c(F)cc2s1. The van der Waals surface area contributed by atoms with Crippen LogP contribution in [0.2, 0.25) is 0 Å². The van der Waals surface area contributed by atoms with E-state index >= 15 is 0 Å². The molecule has 1 N–H and O–H groups in total. The van der Waals surface area contributed by atoms with Crippen LogP contribution in [0.3, 0.4) is 0 Å². The van der Waals surface area contributed by atoms with E-state index in [-0.39, 0.29) is 27.0 Å². The van der Waals surface area contributed by atoms with Crippen molar-refractivity contribution in [3.8, 4) is 10.7 Å². The van der Waals surface area contributed by atoms with Crippen molar-refractivity contribution >= 4 is 55.7 Å². The van der Waals surface area contributed by atoms with Crippen LogP contribution in [0.15, 0.2) is 28.7 Å². The minimum absolute atomic E-state index is 0.0381. The molecule has 1 aliphatic rings. The molecular formula is C18H12F3N5OS3. The molecule has 0 saturated heterocycles. The van der Waals surface area contributed by atoms with Gasteiger partial charge in [-0.05, 0) is 30.4 Å². The highest BCUT2D eigenvalue weighted by atomic mass is 32.2. The van der Waals surface area contributed by atoms with E-state index in [2.05, 4.69) is 25.1 Å². The molecule has 5 rings (SSSR count). The molecule has 30 heavy (non-hydrogen) atoms. The highest BCUT2D eigenvalue weighted by Gasteiger charge is 2.30. The monoisotopic (exact) mass is 467 g/mol. The Kier molecular flexibility index (Phi) is 4.99. The van der Waals surface area contributed by atoms with Crippen LogP contribution in [0.4, 0.5) is 18.3 Å². The lowest BCUT2D eigenvalue weighted by Crippen LogP contribution is -2.14. The van der Waals surface area contributed by atoms with Crippen molar-refractivity contribution in [3.05, 3.63) is 41.0 Å². The van der Waals surface area contributed by atoms with Crippen molar-refractivity contribution in [2.24, 2.45) is 0 Å². The molecule has 0 spiro atoms. The van der Waals surface area contributed by atoms with Gasteiger partial charge in [-0.2, -0.15) is 0 Å². The van der Waals surface area contributed by atoms with Crippen molar-refractivity contribution in [2.45, 2.75) is 24.0 Å². The molecule has 0 atom stereocenters. The molecular weight excluding hydrogens is 455 g/mol. The molecule has 3 aromatic heterocycles. The van der Waals surface area contributed by atoms with Gasteiger partial charge in [0.1, 0.15) is 5.52 Å². The number of carbonyl (C=O) groups excluding carboxylic acids is 1. The predicted octanol–water partition coefficient (Wildman–Crippen LogP) is 5.10. The Morgan fingerprint density at radius 1 is 1.27 bits per heavy atom. The van der Waals surface area contributed by atoms with Crippen molar-refractivity contribution in [1.82, 2.24) is 19.7 Å². The average molecular weight is 468 g/mol. The first-order valence-electron chi connectivity index (χ1n) is 8.86. The zero-order valence-corrected chi connectivity index (χ0v) is 17.5. The zero-order valence-electron chi connectivity index (χ0n) is 15.1. The second-order valence-corrected chi connectivity index (χ2v) is 9.49. The van der Waals surface area contributed by atoms with Crippen LogP contribution in [0.25, 0.3) is 20.9 Å². The molecule has 0 bridgehead atoms. The molecule has 12 heteroatoms. The number of fused-ring (bicyclic) bond motifs is 1. The fourth-order valence-corrected chi connectivity index (χ4v) is 5.34. The number of rotatable bonds is 6. The summed E-state index contributed by atoms with van der Waals surface area (Å²) in [6, 6.07) is 5.12. The summed E-state index contributed by atoms with van der Waals surface area (Å²) in [5.74, 6) is -3.80.